The number of rotatable bonds is 0. The summed E-state index contributed by atoms with van der Waals surface area (Å²) in [7, 11) is 9.87. The SMILES string of the molecule is CC(C)(C)c1ccc([O-])c(C(C)(C)C)c1.CC(C)(C)c1ccc([O-])c(C(C)(C)C)c1.[Cl][Zr+2][Cl]. The minimum absolute atomic E-state index is 0.0711. The molecule has 0 unspecified atom stereocenters. The maximum atomic E-state index is 11.7. The summed E-state index contributed by atoms with van der Waals surface area (Å²) in [4.78, 5) is 0. The molecule has 0 aliphatic rings. The van der Waals surface area contributed by atoms with Gasteiger partial charge in [-0.3, -0.25) is 0 Å². The van der Waals surface area contributed by atoms with Crippen molar-refractivity contribution in [2.75, 3.05) is 0 Å². The van der Waals surface area contributed by atoms with E-state index in [-0.39, 0.29) is 33.2 Å². The van der Waals surface area contributed by atoms with Crippen LogP contribution < -0.4 is 10.2 Å². The molecule has 2 aromatic carbocycles. The molecular weight excluding hydrogens is 530 g/mol. The summed E-state index contributed by atoms with van der Waals surface area (Å²) in [6.45, 7) is 25.5. The Kier molecular flexibility index (Phi) is 12.3. The number of benzene rings is 2. The Labute approximate surface area is 221 Å². The van der Waals surface area contributed by atoms with E-state index in [2.05, 4.69) is 95.2 Å². The van der Waals surface area contributed by atoms with Crippen molar-refractivity contribution in [1.82, 2.24) is 0 Å². The third-order valence-corrected chi connectivity index (χ3v) is 5.31. The Morgan fingerprint density at radius 3 is 0.939 bits per heavy atom. The standard InChI is InChI=1S/2C14H22O.2ClH.Zr/c2*1-13(2,3)10-7-8-12(15)11(9-10)14(4,5)6;;;/h2*7-9,15H,1-6H3;2*1H;/q;;;;+4/p-4. The van der Waals surface area contributed by atoms with Crippen LogP contribution in [0.4, 0.5) is 0 Å². The topological polar surface area (TPSA) is 46.1 Å². The van der Waals surface area contributed by atoms with E-state index in [1.54, 1.807) is 12.1 Å². The molecule has 0 aliphatic carbocycles. The van der Waals surface area contributed by atoms with Gasteiger partial charge in [0.15, 0.2) is 0 Å². The molecule has 33 heavy (non-hydrogen) atoms. The molecular formula is C28H42Cl2O2Zr. The van der Waals surface area contributed by atoms with Gasteiger partial charge in [0.2, 0.25) is 0 Å². The van der Waals surface area contributed by atoms with Gasteiger partial charge >= 0.3 is 37.9 Å². The average Bonchev–Trinajstić information content (AvgIpc) is 2.59. The van der Waals surface area contributed by atoms with Gasteiger partial charge in [-0.25, -0.2) is 0 Å². The van der Waals surface area contributed by atoms with Crippen LogP contribution >= 0.6 is 17.0 Å². The first kappa shape index (κ1) is 32.5. The molecule has 0 heterocycles. The van der Waals surface area contributed by atoms with Crippen LogP contribution in [0.15, 0.2) is 36.4 Å². The van der Waals surface area contributed by atoms with Crippen LogP contribution in [0.25, 0.3) is 0 Å². The molecule has 0 aromatic heterocycles. The quantitative estimate of drug-likeness (QED) is 0.320. The predicted molar refractivity (Wildman–Crippen MR) is 138 cm³/mol. The summed E-state index contributed by atoms with van der Waals surface area (Å²) in [5.41, 5.74) is 4.35. The van der Waals surface area contributed by atoms with Crippen LogP contribution in [-0.4, -0.2) is 0 Å². The molecule has 0 aliphatic heterocycles. The van der Waals surface area contributed by atoms with Gasteiger partial charge in [0, 0.05) is 0 Å². The number of hydrogen-bond donors (Lipinski definition) is 0. The third kappa shape index (κ3) is 11.2. The first-order valence-electron chi connectivity index (χ1n) is 11.3. The Hall–Kier alpha value is -0.497. The van der Waals surface area contributed by atoms with Gasteiger partial charge < -0.3 is 10.2 Å². The zero-order valence-electron chi connectivity index (χ0n) is 22.5. The van der Waals surface area contributed by atoms with E-state index < -0.39 is 20.8 Å². The van der Waals surface area contributed by atoms with Crippen molar-refractivity contribution in [1.29, 1.82) is 0 Å². The monoisotopic (exact) mass is 570 g/mol. The van der Waals surface area contributed by atoms with Gasteiger partial charge in [-0.1, -0.05) is 131 Å². The van der Waals surface area contributed by atoms with E-state index >= 15 is 0 Å². The first-order valence-corrected chi connectivity index (χ1v) is 17.6. The number of halogens is 2. The maximum absolute atomic E-state index is 11.7. The van der Waals surface area contributed by atoms with Gasteiger partial charge in [0.1, 0.15) is 0 Å². The van der Waals surface area contributed by atoms with Crippen LogP contribution in [-0.2, 0) is 42.5 Å². The molecule has 0 bridgehead atoms. The molecule has 184 valence electrons. The number of hydrogen-bond acceptors (Lipinski definition) is 2. The molecule has 0 saturated carbocycles. The van der Waals surface area contributed by atoms with Crippen molar-refractivity contribution in [3.05, 3.63) is 58.7 Å². The second-order valence-corrected chi connectivity index (χ2v) is 16.2. The van der Waals surface area contributed by atoms with Crippen LogP contribution in [0.2, 0.25) is 0 Å². The molecule has 2 rings (SSSR count). The van der Waals surface area contributed by atoms with Gasteiger partial charge in [-0.15, -0.1) is 11.5 Å². The van der Waals surface area contributed by atoms with E-state index in [4.69, 9.17) is 17.0 Å². The molecule has 5 heteroatoms. The average molecular weight is 573 g/mol. The van der Waals surface area contributed by atoms with E-state index in [1.165, 1.54) is 11.1 Å². The molecule has 2 aromatic rings. The van der Waals surface area contributed by atoms with Crippen LogP contribution in [0, 0.1) is 0 Å². The second kappa shape index (κ2) is 12.5. The molecule has 0 radical (unpaired) electrons. The van der Waals surface area contributed by atoms with Gasteiger partial charge in [-0.2, -0.15) is 0 Å². The van der Waals surface area contributed by atoms with Crippen molar-refractivity contribution in [3.63, 3.8) is 0 Å². The fourth-order valence-corrected chi connectivity index (χ4v) is 3.17. The summed E-state index contributed by atoms with van der Waals surface area (Å²) in [5.74, 6) is 0.297. The van der Waals surface area contributed by atoms with Crippen LogP contribution in [0.5, 0.6) is 11.5 Å². The molecule has 0 spiro atoms. The molecule has 0 atom stereocenters. The fourth-order valence-electron chi connectivity index (χ4n) is 3.17. The van der Waals surface area contributed by atoms with Crippen molar-refractivity contribution in [3.8, 4) is 11.5 Å². The van der Waals surface area contributed by atoms with Crippen LogP contribution in [0.1, 0.15) is 105 Å². The van der Waals surface area contributed by atoms with E-state index in [0.29, 0.717) is 0 Å². The van der Waals surface area contributed by atoms with Crippen molar-refractivity contribution >= 4 is 17.0 Å². The van der Waals surface area contributed by atoms with E-state index in [0.717, 1.165) is 11.1 Å². The minimum atomic E-state index is -0.826. The summed E-state index contributed by atoms with van der Waals surface area (Å²) in [6, 6.07) is 11.4. The van der Waals surface area contributed by atoms with E-state index in [9.17, 15) is 10.2 Å². The Balaban J connectivity index is 0.000000555. The first-order chi connectivity index (χ1) is 14.7. The Morgan fingerprint density at radius 1 is 0.515 bits per heavy atom. The molecule has 2 nitrogen and oxygen atoms in total. The van der Waals surface area contributed by atoms with Crippen LogP contribution in [0.3, 0.4) is 0 Å². The van der Waals surface area contributed by atoms with Crippen molar-refractivity contribution in [2.45, 2.75) is 105 Å². The summed E-state index contributed by atoms with van der Waals surface area (Å²) < 4.78 is 0. The summed E-state index contributed by atoms with van der Waals surface area (Å²) in [5, 5.41) is 23.5. The Bertz CT molecular complexity index is 807. The van der Waals surface area contributed by atoms with Gasteiger partial charge in [0.25, 0.3) is 0 Å². The Morgan fingerprint density at radius 2 is 0.758 bits per heavy atom. The second-order valence-electron chi connectivity index (χ2n) is 12.5. The molecule has 0 saturated heterocycles. The van der Waals surface area contributed by atoms with Gasteiger partial charge in [0.05, 0.1) is 0 Å². The normalized spacial score (nSPS) is 12.1. The zero-order chi connectivity index (χ0) is 26.4. The van der Waals surface area contributed by atoms with Gasteiger partial charge in [-0.05, 0) is 32.8 Å². The molecule has 0 fully saturated rings. The molecule has 0 N–H and O–H groups in total. The third-order valence-electron chi connectivity index (χ3n) is 5.31. The van der Waals surface area contributed by atoms with Crippen molar-refractivity contribution in [2.24, 2.45) is 0 Å². The zero-order valence-corrected chi connectivity index (χ0v) is 26.5. The molecule has 0 amide bonds. The summed E-state index contributed by atoms with van der Waals surface area (Å²) in [6.07, 6.45) is 0. The summed E-state index contributed by atoms with van der Waals surface area (Å²) >= 11 is -0.826. The van der Waals surface area contributed by atoms with E-state index in [1.807, 2.05) is 12.1 Å². The van der Waals surface area contributed by atoms with Crippen molar-refractivity contribution < 1.29 is 31.1 Å². The predicted octanol–water partition coefficient (Wildman–Crippen LogP) is 8.09. The fraction of sp³-hybridized carbons (Fsp3) is 0.571.